The van der Waals surface area contributed by atoms with Gasteiger partial charge < -0.3 is 9.47 Å². The van der Waals surface area contributed by atoms with Crippen molar-refractivity contribution in [2.24, 2.45) is 5.10 Å². The van der Waals surface area contributed by atoms with Gasteiger partial charge in [-0.05, 0) is 55.2 Å². The Hall–Kier alpha value is -2.89. The fraction of sp³-hybridized carbons (Fsp3) is 0.316. The van der Waals surface area contributed by atoms with Crippen LogP contribution in [0.1, 0.15) is 35.2 Å². The topological polar surface area (TPSA) is 64.0 Å². The van der Waals surface area contributed by atoms with Crippen LogP contribution in [0.3, 0.4) is 0 Å². The predicted molar refractivity (Wildman–Crippen MR) is 95.2 cm³/mol. The second-order valence-corrected chi connectivity index (χ2v) is 5.79. The van der Waals surface area contributed by atoms with Crippen LogP contribution in [0.25, 0.3) is 0 Å². The third-order valence-corrected chi connectivity index (χ3v) is 4.01. The van der Waals surface area contributed by atoms with Gasteiger partial charge in [-0.3, -0.25) is 9.99 Å². The molecule has 6 nitrogen and oxygen atoms in total. The molecule has 0 unspecified atom stereocenters. The molecule has 0 atom stereocenters. The first-order chi connectivity index (χ1) is 12.3. The number of hydrazone groups is 1. The number of hydrogen-bond acceptors (Lipinski definition) is 6. The highest BCUT2D eigenvalue weighted by Gasteiger charge is 2.13. The molecule has 0 spiro atoms. The SMILES string of the molecule is COc1cc(/C=N\N2CCCCC2)ccc1OC(=O)c1ccncc1. The molecule has 0 radical (unpaired) electrons. The Morgan fingerprint density at radius 1 is 1.12 bits per heavy atom. The molecule has 1 aliphatic rings. The Labute approximate surface area is 147 Å². The van der Waals surface area contributed by atoms with Crippen LogP contribution in [0.4, 0.5) is 0 Å². The van der Waals surface area contributed by atoms with Crippen molar-refractivity contribution < 1.29 is 14.3 Å². The van der Waals surface area contributed by atoms with Gasteiger partial charge in [-0.25, -0.2) is 4.79 Å². The van der Waals surface area contributed by atoms with Crippen LogP contribution in [-0.2, 0) is 0 Å². The van der Waals surface area contributed by atoms with Gasteiger partial charge in [0.2, 0.25) is 0 Å². The normalized spacial score (nSPS) is 14.5. The summed E-state index contributed by atoms with van der Waals surface area (Å²) in [6.45, 7) is 1.99. The molecule has 1 aliphatic heterocycles. The molecule has 3 rings (SSSR count). The Morgan fingerprint density at radius 2 is 1.88 bits per heavy atom. The van der Waals surface area contributed by atoms with E-state index < -0.39 is 5.97 Å². The summed E-state index contributed by atoms with van der Waals surface area (Å²) in [6.07, 6.45) is 8.55. The maximum Gasteiger partial charge on any atom is 0.343 e. The smallest absolute Gasteiger partial charge is 0.343 e. The zero-order valence-electron chi connectivity index (χ0n) is 14.2. The molecular weight excluding hydrogens is 318 g/mol. The molecule has 6 heteroatoms. The van der Waals surface area contributed by atoms with E-state index in [2.05, 4.69) is 15.1 Å². The summed E-state index contributed by atoms with van der Waals surface area (Å²) in [5, 5.41) is 6.58. The van der Waals surface area contributed by atoms with E-state index in [0.29, 0.717) is 17.1 Å². The summed E-state index contributed by atoms with van der Waals surface area (Å²) in [5.41, 5.74) is 1.33. The van der Waals surface area contributed by atoms with E-state index in [1.54, 1.807) is 37.7 Å². The summed E-state index contributed by atoms with van der Waals surface area (Å²) < 4.78 is 10.8. The van der Waals surface area contributed by atoms with Crippen LogP contribution in [0.5, 0.6) is 11.5 Å². The van der Waals surface area contributed by atoms with Crippen molar-refractivity contribution in [1.29, 1.82) is 0 Å². The number of aromatic nitrogens is 1. The third kappa shape index (κ3) is 4.56. The van der Waals surface area contributed by atoms with Crippen LogP contribution in [-0.4, -0.2) is 42.4 Å². The number of carbonyl (C=O) groups excluding carboxylic acids is 1. The fourth-order valence-electron chi connectivity index (χ4n) is 2.64. The first-order valence-corrected chi connectivity index (χ1v) is 8.35. The summed E-state index contributed by atoms with van der Waals surface area (Å²) in [5.74, 6) is 0.417. The van der Waals surface area contributed by atoms with E-state index in [4.69, 9.17) is 9.47 Å². The molecule has 0 saturated carbocycles. The Balaban J connectivity index is 1.71. The number of pyridine rings is 1. The first-order valence-electron chi connectivity index (χ1n) is 8.35. The molecule has 0 bridgehead atoms. The second-order valence-electron chi connectivity index (χ2n) is 5.79. The van der Waals surface area contributed by atoms with Gasteiger partial charge in [0.05, 0.1) is 18.9 Å². The van der Waals surface area contributed by atoms with Crippen LogP contribution in [0.2, 0.25) is 0 Å². The van der Waals surface area contributed by atoms with E-state index in [-0.39, 0.29) is 0 Å². The minimum atomic E-state index is -0.449. The van der Waals surface area contributed by atoms with Gasteiger partial charge in [0, 0.05) is 25.5 Å². The number of methoxy groups -OCH3 is 1. The van der Waals surface area contributed by atoms with E-state index in [1.165, 1.54) is 19.3 Å². The number of benzene rings is 1. The lowest BCUT2D eigenvalue weighted by Gasteiger charge is -2.23. The fourth-order valence-corrected chi connectivity index (χ4v) is 2.64. The lowest BCUT2D eigenvalue weighted by atomic mass is 10.2. The molecule has 1 aromatic carbocycles. The molecule has 0 amide bonds. The molecule has 1 aromatic heterocycles. The van der Waals surface area contributed by atoms with Crippen LogP contribution in [0, 0.1) is 0 Å². The van der Waals surface area contributed by atoms with Crippen molar-refractivity contribution in [2.75, 3.05) is 20.2 Å². The highest BCUT2D eigenvalue weighted by Crippen LogP contribution is 2.28. The number of rotatable bonds is 5. The van der Waals surface area contributed by atoms with Crippen molar-refractivity contribution in [3.05, 3.63) is 53.9 Å². The number of esters is 1. The third-order valence-electron chi connectivity index (χ3n) is 4.01. The van der Waals surface area contributed by atoms with Crippen molar-refractivity contribution >= 4 is 12.2 Å². The van der Waals surface area contributed by atoms with Gasteiger partial charge in [0.1, 0.15) is 0 Å². The summed E-state index contributed by atoms with van der Waals surface area (Å²) in [4.78, 5) is 16.0. The quantitative estimate of drug-likeness (QED) is 0.476. The monoisotopic (exact) mass is 339 g/mol. The highest BCUT2D eigenvalue weighted by atomic mass is 16.6. The molecule has 0 aliphatic carbocycles. The van der Waals surface area contributed by atoms with E-state index in [1.807, 2.05) is 18.3 Å². The molecule has 25 heavy (non-hydrogen) atoms. The van der Waals surface area contributed by atoms with Crippen molar-refractivity contribution in [2.45, 2.75) is 19.3 Å². The molecule has 0 N–H and O–H groups in total. The minimum Gasteiger partial charge on any atom is -0.493 e. The average molecular weight is 339 g/mol. The minimum absolute atomic E-state index is 0.374. The molecule has 2 aromatic rings. The number of nitrogens with zero attached hydrogens (tertiary/aromatic N) is 3. The lowest BCUT2D eigenvalue weighted by Crippen LogP contribution is -2.24. The molecule has 130 valence electrons. The lowest BCUT2D eigenvalue weighted by molar-refractivity contribution is 0.0729. The summed E-state index contributed by atoms with van der Waals surface area (Å²) in [6, 6.07) is 8.59. The van der Waals surface area contributed by atoms with Crippen LogP contribution in [0.15, 0.2) is 47.8 Å². The van der Waals surface area contributed by atoms with E-state index >= 15 is 0 Å². The summed E-state index contributed by atoms with van der Waals surface area (Å²) in [7, 11) is 1.55. The molecule has 1 saturated heterocycles. The Kier molecular flexibility index (Phi) is 5.61. The standard InChI is InChI=1S/C19H21N3O3/c1-24-18-13-15(14-21-22-11-3-2-4-12-22)5-6-17(18)25-19(23)16-7-9-20-10-8-16/h5-10,13-14H,2-4,11-12H2,1H3/b21-14-. The van der Waals surface area contributed by atoms with Gasteiger partial charge >= 0.3 is 5.97 Å². The molecular formula is C19H21N3O3. The van der Waals surface area contributed by atoms with Gasteiger partial charge in [-0.15, -0.1) is 0 Å². The van der Waals surface area contributed by atoms with Crippen LogP contribution < -0.4 is 9.47 Å². The predicted octanol–water partition coefficient (Wildman–Crippen LogP) is 3.13. The average Bonchev–Trinajstić information content (AvgIpc) is 2.68. The first kappa shape index (κ1) is 17.0. The van der Waals surface area contributed by atoms with Gasteiger partial charge in [0.15, 0.2) is 11.5 Å². The number of hydrogen-bond donors (Lipinski definition) is 0. The van der Waals surface area contributed by atoms with Crippen molar-refractivity contribution in [1.82, 2.24) is 9.99 Å². The Bertz CT molecular complexity index is 741. The maximum absolute atomic E-state index is 12.2. The van der Waals surface area contributed by atoms with Gasteiger partial charge in [-0.1, -0.05) is 0 Å². The Morgan fingerprint density at radius 3 is 2.60 bits per heavy atom. The molecule has 1 fully saturated rings. The zero-order valence-corrected chi connectivity index (χ0v) is 14.2. The number of ether oxygens (including phenoxy) is 2. The van der Waals surface area contributed by atoms with E-state index in [0.717, 1.165) is 18.7 Å². The molecule has 2 heterocycles. The van der Waals surface area contributed by atoms with Gasteiger partial charge in [-0.2, -0.15) is 5.10 Å². The highest BCUT2D eigenvalue weighted by molar-refractivity contribution is 5.91. The largest absolute Gasteiger partial charge is 0.493 e. The summed E-state index contributed by atoms with van der Waals surface area (Å²) >= 11 is 0. The van der Waals surface area contributed by atoms with Crippen molar-refractivity contribution in [3.8, 4) is 11.5 Å². The number of piperidine rings is 1. The number of carbonyl (C=O) groups is 1. The van der Waals surface area contributed by atoms with Crippen LogP contribution >= 0.6 is 0 Å². The second kappa shape index (κ2) is 8.28. The van der Waals surface area contributed by atoms with Gasteiger partial charge in [0.25, 0.3) is 0 Å². The maximum atomic E-state index is 12.2. The van der Waals surface area contributed by atoms with Crippen molar-refractivity contribution in [3.63, 3.8) is 0 Å². The zero-order chi connectivity index (χ0) is 17.5. The van der Waals surface area contributed by atoms with E-state index in [9.17, 15) is 4.79 Å².